The van der Waals surface area contributed by atoms with Crippen LogP contribution in [0.1, 0.15) is 24.1 Å². The summed E-state index contributed by atoms with van der Waals surface area (Å²) in [6, 6.07) is 7.93. The molecule has 0 aliphatic heterocycles. The van der Waals surface area contributed by atoms with Crippen LogP contribution in [0.15, 0.2) is 29.3 Å². The number of nitrogen functional groups attached to an aromatic ring is 1. The van der Waals surface area contributed by atoms with Gasteiger partial charge in [-0.3, -0.25) is 4.99 Å². The summed E-state index contributed by atoms with van der Waals surface area (Å²) in [6.07, 6.45) is 2.16. The van der Waals surface area contributed by atoms with Crippen LogP contribution in [0.25, 0.3) is 5.69 Å². The number of guanidine groups is 1. The van der Waals surface area contributed by atoms with Crippen LogP contribution >= 0.6 is 24.0 Å². The van der Waals surface area contributed by atoms with Crippen LogP contribution < -0.4 is 16.4 Å². The lowest BCUT2D eigenvalue weighted by atomic mass is 10.1. The lowest BCUT2D eigenvalue weighted by Crippen LogP contribution is -2.38. The molecule has 0 spiro atoms. The fraction of sp³-hybridized carbons (Fsp3) is 0.476. The Hall–Kier alpha value is -2.43. The van der Waals surface area contributed by atoms with Crippen molar-refractivity contribution < 1.29 is 13.9 Å². The van der Waals surface area contributed by atoms with Gasteiger partial charge in [-0.15, -0.1) is 24.0 Å². The van der Waals surface area contributed by atoms with E-state index in [2.05, 4.69) is 26.8 Å². The Bertz CT molecular complexity index is 882. The van der Waals surface area contributed by atoms with Crippen molar-refractivity contribution in [3.8, 4) is 11.8 Å². The number of nitrogens with two attached hydrogens (primary N) is 1. The molecule has 176 valence electrons. The van der Waals surface area contributed by atoms with Gasteiger partial charge < -0.3 is 25.8 Å². The fourth-order valence-electron chi connectivity index (χ4n) is 2.86. The quantitative estimate of drug-likeness (QED) is 0.158. The van der Waals surface area contributed by atoms with Crippen molar-refractivity contribution >= 4 is 35.8 Å². The van der Waals surface area contributed by atoms with Crippen molar-refractivity contribution in [2.24, 2.45) is 4.99 Å². The summed E-state index contributed by atoms with van der Waals surface area (Å²) in [4.78, 5) is 4.19. The van der Waals surface area contributed by atoms with Gasteiger partial charge in [0.05, 0.1) is 24.6 Å². The van der Waals surface area contributed by atoms with E-state index in [0.717, 1.165) is 19.4 Å². The minimum atomic E-state index is -0.345. The molecular weight excluding hydrogens is 528 g/mol. The predicted octanol–water partition coefficient (Wildman–Crippen LogP) is 2.23. The number of aryl methyl sites for hydroxylation is 1. The molecular formula is C21H31FIN7O2. The van der Waals surface area contributed by atoms with E-state index >= 15 is 0 Å². The minimum Gasteiger partial charge on any atom is -0.382 e. The Morgan fingerprint density at radius 2 is 1.88 bits per heavy atom. The first-order valence-corrected chi connectivity index (χ1v) is 10.1. The zero-order valence-corrected chi connectivity index (χ0v) is 20.8. The molecule has 0 atom stereocenters. The summed E-state index contributed by atoms with van der Waals surface area (Å²) in [7, 11) is 3.36. The summed E-state index contributed by atoms with van der Waals surface area (Å²) >= 11 is 0. The van der Waals surface area contributed by atoms with Gasteiger partial charge in [-0.2, -0.15) is 10.4 Å². The number of benzene rings is 1. The Morgan fingerprint density at radius 1 is 1.19 bits per heavy atom. The number of nitrogens with one attached hydrogen (secondary N) is 2. The summed E-state index contributed by atoms with van der Waals surface area (Å²) < 4.78 is 25.0. The molecule has 2 rings (SSSR count). The molecule has 0 saturated heterocycles. The van der Waals surface area contributed by atoms with E-state index in [-0.39, 0.29) is 35.6 Å². The molecule has 0 unspecified atom stereocenters. The van der Waals surface area contributed by atoms with Crippen molar-refractivity contribution in [1.82, 2.24) is 20.4 Å². The molecule has 0 bridgehead atoms. The monoisotopic (exact) mass is 559 g/mol. The summed E-state index contributed by atoms with van der Waals surface area (Å²) in [5.74, 6) is 0.609. The van der Waals surface area contributed by atoms with Crippen LogP contribution in [-0.4, -0.2) is 62.8 Å². The van der Waals surface area contributed by atoms with Gasteiger partial charge in [0.2, 0.25) is 0 Å². The first-order valence-electron chi connectivity index (χ1n) is 10.1. The average Bonchev–Trinajstić information content (AvgIpc) is 3.10. The predicted molar refractivity (Wildman–Crippen MR) is 133 cm³/mol. The standard InChI is InChI=1S/C21H30FN7O2.HI/c1-25-21(27-11-4-12-31-14-13-30-2)26-10-3-5-19-18(15-23)20(24)29(28-19)17-8-6-16(22)7-9-17;/h6-9H,3-5,10-14,24H2,1-2H3,(H2,25,26,27);1H. The molecule has 9 nitrogen and oxygen atoms in total. The van der Waals surface area contributed by atoms with E-state index in [9.17, 15) is 9.65 Å². The number of hydrogen-bond acceptors (Lipinski definition) is 6. The fourth-order valence-corrected chi connectivity index (χ4v) is 2.86. The molecule has 1 aromatic heterocycles. The van der Waals surface area contributed by atoms with Crippen LogP contribution in [0.4, 0.5) is 10.2 Å². The lowest BCUT2D eigenvalue weighted by molar-refractivity contribution is 0.0698. The number of methoxy groups -OCH3 is 1. The highest BCUT2D eigenvalue weighted by Crippen LogP contribution is 2.21. The molecule has 1 aromatic carbocycles. The van der Waals surface area contributed by atoms with Gasteiger partial charge in [0.15, 0.2) is 5.96 Å². The van der Waals surface area contributed by atoms with E-state index in [1.165, 1.54) is 16.8 Å². The molecule has 4 N–H and O–H groups in total. The van der Waals surface area contributed by atoms with Crippen LogP contribution in [0.2, 0.25) is 0 Å². The Morgan fingerprint density at radius 3 is 2.50 bits per heavy atom. The van der Waals surface area contributed by atoms with E-state index in [1.54, 1.807) is 26.3 Å². The maximum Gasteiger partial charge on any atom is 0.190 e. The zero-order chi connectivity index (χ0) is 22.5. The highest BCUT2D eigenvalue weighted by atomic mass is 127. The third-order valence-corrected chi connectivity index (χ3v) is 4.47. The summed E-state index contributed by atoms with van der Waals surface area (Å²) in [5.41, 5.74) is 7.66. The molecule has 32 heavy (non-hydrogen) atoms. The largest absolute Gasteiger partial charge is 0.382 e. The van der Waals surface area contributed by atoms with E-state index < -0.39 is 0 Å². The number of halogens is 2. The normalized spacial score (nSPS) is 11.0. The van der Waals surface area contributed by atoms with Gasteiger partial charge in [-0.05, 0) is 43.5 Å². The van der Waals surface area contributed by atoms with Crippen LogP contribution in [0, 0.1) is 17.1 Å². The van der Waals surface area contributed by atoms with E-state index in [1.807, 2.05) is 0 Å². The number of rotatable bonds is 12. The molecule has 0 fully saturated rings. The van der Waals surface area contributed by atoms with Gasteiger partial charge >= 0.3 is 0 Å². The summed E-state index contributed by atoms with van der Waals surface area (Å²) in [5, 5.41) is 20.4. The minimum absolute atomic E-state index is 0. The van der Waals surface area contributed by atoms with Crippen LogP contribution in [0.5, 0.6) is 0 Å². The number of anilines is 1. The van der Waals surface area contributed by atoms with E-state index in [0.29, 0.717) is 55.7 Å². The number of ether oxygens (including phenoxy) is 2. The van der Waals surface area contributed by atoms with Gasteiger partial charge in [0.25, 0.3) is 0 Å². The SMILES string of the molecule is CN=C(NCCCOCCOC)NCCCc1nn(-c2ccc(F)cc2)c(N)c1C#N.I. The number of aromatic nitrogens is 2. The third-order valence-electron chi connectivity index (χ3n) is 4.47. The second-order valence-electron chi connectivity index (χ2n) is 6.70. The molecule has 0 aliphatic rings. The molecule has 0 aliphatic carbocycles. The smallest absolute Gasteiger partial charge is 0.190 e. The first-order chi connectivity index (χ1) is 15.1. The Labute approximate surface area is 205 Å². The zero-order valence-electron chi connectivity index (χ0n) is 18.4. The van der Waals surface area contributed by atoms with Crippen LogP contribution in [0.3, 0.4) is 0 Å². The third kappa shape index (κ3) is 8.60. The number of hydrogen-bond donors (Lipinski definition) is 3. The Kier molecular flexibility index (Phi) is 13.3. The molecule has 0 radical (unpaired) electrons. The van der Waals surface area contributed by atoms with Gasteiger partial charge in [-0.1, -0.05) is 0 Å². The van der Waals surface area contributed by atoms with Gasteiger partial charge in [0, 0.05) is 33.9 Å². The highest BCUT2D eigenvalue weighted by molar-refractivity contribution is 14.0. The highest BCUT2D eigenvalue weighted by Gasteiger charge is 2.16. The molecule has 2 aromatic rings. The Balaban J connectivity index is 0.00000512. The van der Waals surface area contributed by atoms with Gasteiger partial charge in [-0.25, -0.2) is 9.07 Å². The average molecular weight is 559 g/mol. The second kappa shape index (κ2) is 15.4. The molecule has 1 heterocycles. The first kappa shape index (κ1) is 27.6. The van der Waals surface area contributed by atoms with Crippen molar-refractivity contribution in [3.05, 3.63) is 41.3 Å². The number of aliphatic imine (C=N–C) groups is 1. The number of nitrogens with zero attached hydrogens (tertiary/aromatic N) is 4. The molecule has 11 heteroatoms. The molecule has 0 amide bonds. The summed E-state index contributed by atoms with van der Waals surface area (Å²) in [6.45, 7) is 3.23. The van der Waals surface area contributed by atoms with E-state index in [4.69, 9.17) is 15.2 Å². The van der Waals surface area contributed by atoms with Crippen molar-refractivity contribution in [2.75, 3.05) is 52.8 Å². The second-order valence-corrected chi connectivity index (χ2v) is 6.70. The maximum atomic E-state index is 13.2. The lowest BCUT2D eigenvalue weighted by Gasteiger charge is -2.11. The van der Waals surface area contributed by atoms with Crippen molar-refractivity contribution in [3.63, 3.8) is 0 Å². The van der Waals surface area contributed by atoms with Crippen LogP contribution in [-0.2, 0) is 15.9 Å². The van der Waals surface area contributed by atoms with Crippen molar-refractivity contribution in [2.45, 2.75) is 19.3 Å². The number of nitriles is 1. The maximum absolute atomic E-state index is 13.2. The van der Waals surface area contributed by atoms with Gasteiger partial charge in [0.1, 0.15) is 23.3 Å². The topological polar surface area (TPSA) is 123 Å². The molecule has 0 saturated carbocycles. The van der Waals surface area contributed by atoms with Crippen molar-refractivity contribution in [1.29, 1.82) is 5.26 Å².